The number of aromatic nitrogens is 2. The van der Waals surface area contributed by atoms with E-state index in [0.29, 0.717) is 37.2 Å². The highest BCUT2D eigenvalue weighted by atomic mass is 35.5. The normalized spacial score (nSPS) is 18.1. The molecule has 1 fully saturated rings. The molecular formula is C18H25ClN6O3S. The fourth-order valence-corrected chi connectivity index (χ4v) is 4.39. The predicted octanol–water partition coefficient (Wildman–Crippen LogP) is 1.00. The molecule has 0 aliphatic carbocycles. The Morgan fingerprint density at radius 3 is 2.93 bits per heavy atom. The zero-order chi connectivity index (χ0) is 20.9. The van der Waals surface area contributed by atoms with Crippen LogP contribution < -0.4 is 10.0 Å². The van der Waals surface area contributed by atoms with Crippen molar-refractivity contribution in [3.63, 3.8) is 0 Å². The number of hydrogen-bond donors (Lipinski definition) is 2. The summed E-state index contributed by atoms with van der Waals surface area (Å²) in [6.07, 6.45) is 3.65. The van der Waals surface area contributed by atoms with E-state index in [2.05, 4.69) is 25.0 Å². The molecule has 2 heterocycles. The van der Waals surface area contributed by atoms with Gasteiger partial charge in [-0.3, -0.25) is 9.67 Å². The fourth-order valence-electron chi connectivity index (χ4n) is 3.06. The van der Waals surface area contributed by atoms with Gasteiger partial charge in [0.2, 0.25) is 10.0 Å². The number of aryl methyl sites for hydroxylation is 1. The molecule has 1 saturated heterocycles. The van der Waals surface area contributed by atoms with Gasteiger partial charge in [-0.25, -0.2) is 13.1 Å². The highest BCUT2D eigenvalue weighted by Gasteiger charge is 2.25. The van der Waals surface area contributed by atoms with E-state index >= 15 is 0 Å². The second kappa shape index (κ2) is 9.57. The minimum absolute atomic E-state index is 0.0858. The molecule has 0 radical (unpaired) electrons. The first-order valence-corrected chi connectivity index (χ1v) is 11.1. The van der Waals surface area contributed by atoms with Crippen LogP contribution in [0.1, 0.15) is 11.7 Å². The first kappa shape index (κ1) is 21.6. The molecule has 0 spiro atoms. The number of halogens is 1. The Bertz CT molecular complexity index is 962. The number of morpholine rings is 1. The predicted molar refractivity (Wildman–Crippen MR) is 111 cm³/mol. The third-order valence-corrected chi connectivity index (χ3v) is 6.17. The second-order valence-electron chi connectivity index (χ2n) is 6.58. The summed E-state index contributed by atoms with van der Waals surface area (Å²) in [5, 5.41) is 7.77. The average Bonchev–Trinajstić information content (AvgIpc) is 3.14. The first-order valence-electron chi connectivity index (χ1n) is 9.20. The number of guanidine groups is 1. The molecule has 1 aromatic carbocycles. The van der Waals surface area contributed by atoms with Crippen LogP contribution in [0.25, 0.3) is 0 Å². The third-order valence-electron chi connectivity index (χ3n) is 4.48. The highest BCUT2D eigenvalue weighted by molar-refractivity contribution is 7.89. The smallest absolute Gasteiger partial charge is 0.240 e. The van der Waals surface area contributed by atoms with Gasteiger partial charge in [-0.15, -0.1) is 0 Å². The van der Waals surface area contributed by atoms with Gasteiger partial charge < -0.3 is 15.0 Å². The van der Waals surface area contributed by atoms with Crippen molar-refractivity contribution in [2.75, 3.05) is 39.8 Å². The summed E-state index contributed by atoms with van der Waals surface area (Å²) in [6.45, 7) is 2.51. The molecule has 3 rings (SSSR count). The third kappa shape index (κ3) is 5.69. The first-order chi connectivity index (χ1) is 13.9. The summed E-state index contributed by atoms with van der Waals surface area (Å²) in [5.41, 5.74) is 1.02. The van der Waals surface area contributed by atoms with E-state index in [4.69, 9.17) is 16.3 Å². The van der Waals surface area contributed by atoms with Crippen LogP contribution in [-0.2, 0) is 21.8 Å². The maximum Gasteiger partial charge on any atom is 0.240 e. The quantitative estimate of drug-likeness (QED) is 0.395. The molecule has 11 heteroatoms. The zero-order valence-electron chi connectivity index (χ0n) is 16.4. The number of aliphatic imine (C=N–C) groups is 1. The van der Waals surface area contributed by atoms with Crippen LogP contribution in [0.3, 0.4) is 0 Å². The molecule has 0 saturated carbocycles. The summed E-state index contributed by atoms with van der Waals surface area (Å²) >= 11 is 5.87. The molecule has 158 valence electrons. The molecule has 0 bridgehead atoms. The minimum atomic E-state index is -3.61. The molecular weight excluding hydrogens is 416 g/mol. The SMILES string of the molecule is CN=C(NCCNS(=O)(=O)c1cccc(Cl)c1)N1CCOC(c2cnn(C)c2)C1. The van der Waals surface area contributed by atoms with Crippen molar-refractivity contribution in [1.29, 1.82) is 0 Å². The lowest BCUT2D eigenvalue weighted by Gasteiger charge is -2.34. The Balaban J connectivity index is 1.51. The van der Waals surface area contributed by atoms with Crippen molar-refractivity contribution in [3.05, 3.63) is 47.2 Å². The van der Waals surface area contributed by atoms with Gasteiger partial charge in [0.25, 0.3) is 0 Å². The van der Waals surface area contributed by atoms with Gasteiger partial charge in [0.15, 0.2) is 5.96 Å². The number of nitrogens with zero attached hydrogens (tertiary/aromatic N) is 4. The van der Waals surface area contributed by atoms with Crippen LogP contribution >= 0.6 is 11.6 Å². The molecule has 0 amide bonds. The molecule has 1 aliphatic heterocycles. The van der Waals surface area contributed by atoms with Gasteiger partial charge >= 0.3 is 0 Å². The van der Waals surface area contributed by atoms with E-state index in [0.717, 1.165) is 5.56 Å². The van der Waals surface area contributed by atoms with Gasteiger partial charge in [-0.1, -0.05) is 17.7 Å². The Labute approximate surface area is 175 Å². The largest absolute Gasteiger partial charge is 0.370 e. The van der Waals surface area contributed by atoms with Crippen molar-refractivity contribution in [2.24, 2.45) is 12.0 Å². The molecule has 9 nitrogen and oxygen atoms in total. The van der Waals surface area contributed by atoms with E-state index in [9.17, 15) is 8.42 Å². The van der Waals surface area contributed by atoms with Gasteiger partial charge in [-0.2, -0.15) is 5.10 Å². The lowest BCUT2D eigenvalue weighted by molar-refractivity contribution is -0.00800. The molecule has 2 N–H and O–H groups in total. The molecule has 1 unspecified atom stereocenters. The Kier molecular flexibility index (Phi) is 7.12. The molecule has 1 atom stereocenters. The highest BCUT2D eigenvalue weighted by Crippen LogP contribution is 2.21. The summed E-state index contributed by atoms with van der Waals surface area (Å²) < 4.78 is 34.8. The summed E-state index contributed by atoms with van der Waals surface area (Å²) in [5.74, 6) is 0.698. The van der Waals surface area contributed by atoms with E-state index in [1.807, 2.05) is 13.2 Å². The molecule has 29 heavy (non-hydrogen) atoms. The minimum Gasteiger partial charge on any atom is -0.370 e. The van der Waals surface area contributed by atoms with E-state index in [-0.39, 0.29) is 17.5 Å². The maximum atomic E-state index is 12.3. The average molecular weight is 441 g/mol. The number of hydrogen-bond acceptors (Lipinski definition) is 5. The Morgan fingerprint density at radius 2 is 2.24 bits per heavy atom. The van der Waals surface area contributed by atoms with Crippen molar-refractivity contribution in [2.45, 2.75) is 11.0 Å². The monoisotopic (exact) mass is 440 g/mol. The van der Waals surface area contributed by atoms with Crippen molar-refractivity contribution < 1.29 is 13.2 Å². The maximum absolute atomic E-state index is 12.3. The Hall–Kier alpha value is -2.14. The van der Waals surface area contributed by atoms with E-state index in [1.165, 1.54) is 12.1 Å². The van der Waals surface area contributed by atoms with Crippen molar-refractivity contribution in [1.82, 2.24) is 24.7 Å². The zero-order valence-corrected chi connectivity index (χ0v) is 17.9. The van der Waals surface area contributed by atoms with Crippen molar-refractivity contribution in [3.8, 4) is 0 Å². The van der Waals surface area contributed by atoms with Crippen LogP contribution in [0.15, 0.2) is 46.5 Å². The second-order valence-corrected chi connectivity index (χ2v) is 8.79. The van der Waals surface area contributed by atoms with Crippen LogP contribution in [0.4, 0.5) is 0 Å². The number of rotatable bonds is 6. The number of benzene rings is 1. The fraction of sp³-hybridized carbons (Fsp3) is 0.444. The van der Waals surface area contributed by atoms with Crippen LogP contribution in [0.5, 0.6) is 0 Å². The van der Waals surface area contributed by atoms with Crippen LogP contribution in [0, 0.1) is 0 Å². The lowest BCUT2D eigenvalue weighted by atomic mass is 10.1. The van der Waals surface area contributed by atoms with Gasteiger partial charge in [0, 0.05) is 50.5 Å². The van der Waals surface area contributed by atoms with Crippen LogP contribution in [0.2, 0.25) is 5.02 Å². The van der Waals surface area contributed by atoms with E-state index < -0.39 is 10.0 Å². The Morgan fingerprint density at radius 1 is 1.41 bits per heavy atom. The van der Waals surface area contributed by atoms with Gasteiger partial charge in [0.1, 0.15) is 6.10 Å². The molecule has 2 aromatic rings. The molecule has 1 aliphatic rings. The lowest BCUT2D eigenvalue weighted by Crippen LogP contribution is -2.49. The summed E-state index contributed by atoms with van der Waals surface area (Å²) in [7, 11) is -0.0405. The molecule has 1 aromatic heterocycles. The number of sulfonamides is 1. The van der Waals surface area contributed by atoms with Gasteiger partial charge in [-0.05, 0) is 18.2 Å². The van der Waals surface area contributed by atoms with E-state index in [1.54, 1.807) is 30.1 Å². The van der Waals surface area contributed by atoms with Crippen molar-refractivity contribution >= 4 is 27.6 Å². The van der Waals surface area contributed by atoms with Gasteiger partial charge in [0.05, 0.1) is 24.2 Å². The standard InChI is InChI=1S/C18H25ClN6O3S/c1-20-18(25-8-9-28-17(13-25)14-11-22-24(2)12-14)21-6-7-23-29(26,27)16-5-3-4-15(19)10-16/h3-5,10-12,17,23H,6-9,13H2,1-2H3,(H,20,21). The summed E-state index contributed by atoms with van der Waals surface area (Å²) in [6, 6.07) is 6.16. The topological polar surface area (TPSA) is 101 Å². The number of ether oxygens (including phenoxy) is 1. The number of nitrogens with one attached hydrogen (secondary N) is 2. The summed E-state index contributed by atoms with van der Waals surface area (Å²) in [4.78, 5) is 6.54. The van der Waals surface area contributed by atoms with Crippen LogP contribution in [-0.4, -0.2) is 68.9 Å².